The highest BCUT2D eigenvalue weighted by Gasteiger charge is 2.18. The van der Waals surface area contributed by atoms with E-state index in [4.69, 9.17) is 12.2 Å². The Hall–Kier alpha value is -1.14. The number of carbonyl (C=O) groups excluding carboxylic acids is 1. The minimum absolute atomic E-state index is 0.124. The molecule has 1 saturated heterocycles. The van der Waals surface area contributed by atoms with Crippen molar-refractivity contribution in [2.75, 3.05) is 18.8 Å². The molecule has 1 fully saturated rings. The Morgan fingerprint density at radius 2 is 2.09 bits per heavy atom. The fourth-order valence-electron chi connectivity index (χ4n) is 2.30. The third-order valence-electron chi connectivity index (χ3n) is 3.80. The molecule has 0 aliphatic carbocycles. The number of benzene rings is 1. The van der Waals surface area contributed by atoms with Crippen LogP contribution in [0.1, 0.15) is 25.3 Å². The Kier molecular flexibility index (Phi) is 6.64. The summed E-state index contributed by atoms with van der Waals surface area (Å²) in [4.78, 5) is 14.0. The Labute approximate surface area is 140 Å². The van der Waals surface area contributed by atoms with Crippen LogP contribution in [0.3, 0.4) is 0 Å². The van der Waals surface area contributed by atoms with Crippen LogP contribution in [0.25, 0.3) is 0 Å². The molecule has 0 radical (unpaired) electrons. The van der Waals surface area contributed by atoms with Crippen molar-refractivity contribution in [1.29, 1.82) is 0 Å². The van der Waals surface area contributed by atoms with Gasteiger partial charge in [-0.1, -0.05) is 49.1 Å². The summed E-state index contributed by atoms with van der Waals surface area (Å²) in [7, 11) is 0. The number of thioether (sulfide) groups is 1. The first-order valence-corrected chi connectivity index (χ1v) is 8.87. The molecule has 6 heteroatoms. The normalized spacial score (nSPS) is 15.6. The number of nitrogens with zero attached hydrogens (tertiary/aromatic N) is 1. The van der Waals surface area contributed by atoms with Crippen LogP contribution < -0.4 is 5.32 Å². The highest BCUT2D eigenvalue weighted by Crippen LogP contribution is 2.20. The maximum absolute atomic E-state index is 13.4. The molecule has 0 aromatic heterocycles. The number of nitrogens with one attached hydrogen (secondary N) is 1. The SMILES string of the molecule is CC1CCN(C(=S)SCC(=O)NCc2ccccc2F)CC1. The fourth-order valence-corrected chi connectivity index (χ4v) is 3.38. The van der Waals surface area contributed by atoms with E-state index < -0.39 is 0 Å². The quantitative estimate of drug-likeness (QED) is 0.853. The van der Waals surface area contributed by atoms with Gasteiger partial charge in [-0.2, -0.15) is 0 Å². The zero-order valence-corrected chi connectivity index (χ0v) is 14.3. The Morgan fingerprint density at radius 1 is 1.41 bits per heavy atom. The van der Waals surface area contributed by atoms with Gasteiger partial charge in [-0.05, 0) is 24.8 Å². The van der Waals surface area contributed by atoms with Crippen LogP contribution in [-0.2, 0) is 11.3 Å². The van der Waals surface area contributed by atoms with Crippen molar-refractivity contribution >= 4 is 34.2 Å². The molecule has 1 aliphatic rings. The average Bonchev–Trinajstić information content (AvgIpc) is 2.52. The Morgan fingerprint density at radius 3 is 2.77 bits per heavy atom. The van der Waals surface area contributed by atoms with Crippen LogP contribution >= 0.6 is 24.0 Å². The van der Waals surface area contributed by atoms with Crippen molar-refractivity contribution in [2.45, 2.75) is 26.3 Å². The second kappa shape index (κ2) is 8.48. The molecule has 1 amide bonds. The van der Waals surface area contributed by atoms with Crippen LogP contribution in [0.15, 0.2) is 24.3 Å². The van der Waals surface area contributed by atoms with Gasteiger partial charge < -0.3 is 10.2 Å². The molecule has 22 heavy (non-hydrogen) atoms. The van der Waals surface area contributed by atoms with E-state index in [1.807, 2.05) is 0 Å². The topological polar surface area (TPSA) is 32.3 Å². The summed E-state index contributed by atoms with van der Waals surface area (Å²) < 4.78 is 14.2. The van der Waals surface area contributed by atoms with Crippen molar-refractivity contribution in [2.24, 2.45) is 5.92 Å². The van der Waals surface area contributed by atoms with E-state index in [2.05, 4.69) is 17.1 Å². The molecule has 120 valence electrons. The van der Waals surface area contributed by atoms with Gasteiger partial charge in [0.25, 0.3) is 0 Å². The first-order valence-electron chi connectivity index (χ1n) is 7.48. The largest absolute Gasteiger partial charge is 0.357 e. The highest BCUT2D eigenvalue weighted by molar-refractivity contribution is 8.23. The van der Waals surface area contributed by atoms with Crippen LogP contribution in [0.5, 0.6) is 0 Å². The monoisotopic (exact) mass is 340 g/mol. The maximum atomic E-state index is 13.4. The second-order valence-electron chi connectivity index (χ2n) is 5.59. The predicted octanol–water partition coefficient (Wildman–Crippen LogP) is 3.19. The smallest absolute Gasteiger partial charge is 0.230 e. The molecule has 0 spiro atoms. The van der Waals surface area contributed by atoms with Crippen molar-refractivity contribution in [1.82, 2.24) is 10.2 Å². The van der Waals surface area contributed by atoms with Crippen molar-refractivity contribution < 1.29 is 9.18 Å². The van der Waals surface area contributed by atoms with Crippen molar-refractivity contribution in [3.63, 3.8) is 0 Å². The summed E-state index contributed by atoms with van der Waals surface area (Å²) in [5.74, 6) is 0.613. The van der Waals surface area contributed by atoms with E-state index in [-0.39, 0.29) is 24.0 Å². The molecule has 1 heterocycles. The first-order chi connectivity index (χ1) is 10.6. The molecule has 1 aromatic carbocycles. The third-order valence-corrected chi connectivity index (χ3v) is 5.33. The van der Waals surface area contributed by atoms with Gasteiger partial charge in [0, 0.05) is 25.2 Å². The van der Waals surface area contributed by atoms with Gasteiger partial charge in [-0.15, -0.1) is 0 Å². The summed E-state index contributed by atoms with van der Waals surface area (Å²) in [5.41, 5.74) is 0.494. The molecule has 0 bridgehead atoms. The Balaban J connectivity index is 1.69. The van der Waals surface area contributed by atoms with Crippen LogP contribution in [0.4, 0.5) is 4.39 Å². The lowest BCUT2D eigenvalue weighted by molar-refractivity contribution is -0.118. The van der Waals surface area contributed by atoms with E-state index in [0.29, 0.717) is 5.56 Å². The van der Waals surface area contributed by atoms with E-state index in [1.54, 1.807) is 18.2 Å². The number of hydrogen-bond acceptors (Lipinski definition) is 3. The molecule has 1 aromatic rings. The minimum atomic E-state index is -0.298. The molecular formula is C16H21FN2OS2. The van der Waals surface area contributed by atoms with Gasteiger partial charge in [-0.3, -0.25) is 4.79 Å². The van der Waals surface area contributed by atoms with Crippen LogP contribution in [-0.4, -0.2) is 34.0 Å². The molecule has 1 aliphatic heterocycles. The van der Waals surface area contributed by atoms with E-state index in [9.17, 15) is 9.18 Å². The lowest BCUT2D eigenvalue weighted by Crippen LogP contribution is -2.36. The first kappa shape index (κ1) is 17.2. The number of thiocarbonyl (C=S) groups is 1. The number of likely N-dealkylation sites (tertiary alicyclic amines) is 1. The van der Waals surface area contributed by atoms with Gasteiger partial charge in [0.05, 0.1) is 5.75 Å². The number of amides is 1. The summed E-state index contributed by atoms with van der Waals surface area (Å²) in [6.07, 6.45) is 2.31. The summed E-state index contributed by atoms with van der Waals surface area (Å²) in [6.45, 7) is 4.41. The van der Waals surface area contributed by atoms with Gasteiger partial charge in [0.1, 0.15) is 10.1 Å². The zero-order valence-electron chi connectivity index (χ0n) is 12.7. The van der Waals surface area contributed by atoms with Crippen LogP contribution in [0, 0.1) is 11.7 Å². The van der Waals surface area contributed by atoms with Crippen molar-refractivity contribution in [3.05, 3.63) is 35.6 Å². The second-order valence-corrected chi connectivity index (χ2v) is 7.20. The number of halogens is 1. The molecule has 0 atom stereocenters. The number of carbonyl (C=O) groups is 1. The summed E-state index contributed by atoms with van der Waals surface area (Å²) >= 11 is 6.76. The zero-order chi connectivity index (χ0) is 15.9. The van der Waals surface area contributed by atoms with Crippen LogP contribution in [0.2, 0.25) is 0 Å². The van der Waals surface area contributed by atoms with Gasteiger partial charge in [-0.25, -0.2) is 4.39 Å². The molecule has 0 saturated carbocycles. The summed E-state index contributed by atoms with van der Waals surface area (Å²) in [6, 6.07) is 6.45. The average molecular weight is 340 g/mol. The lowest BCUT2D eigenvalue weighted by atomic mass is 10.00. The van der Waals surface area contributed by atoms with E-state index >= 15 is 0 Å². The molecule has 3 nitrogen and oxygen atoms in total. The standard InChI is InChI=1S/C16H21FN2OS2/c1-12-6-8-19(9-7-12)16(21)22-11-15(20)18-10-13-4-2-3-5-14(13)17/h2-5,12H,6-11H2,1H3,(H,18,20). The number of piperidine rings is 1. The highest BCUT2D eigenvalue weighted by atomic mass is 32.2. The summed E-state index contributed by atoms with van der Waals surface area (Å²) in [5, 5.41) is 2.73. The third kappa shape index (κ3) is 5.25. The molecular weight excluding hydrogens is 319 g/mol. The van der Waals surface area contributed by atoms with Gasteiger partial charge >= 0.3 is 0 Å². The molecule has 1 N–H and O–H groups in total. The van der Waals surface area contributed by atoms with E-state index in [0.717, 1.165) is 36.2 Å². The molecule has 2 rings (SSSR count). The number of hydrogen-bond donors (Lipinski definition) is 1. The number of rotatable bonds is 4. The van der Waals surface area contributed by atoms with Crippen molar-refractivity contribution in [3.8, 4) is 0 Å². The lowest BCUT2D eigenvalue weighted by Gasteiger charge is -2.31. The van der Waals surface area contributed by atoms with Gasteiger partial charge in [0.2, 0.25) is 5.91 Å². The van der Waals surface area contributed by atoms with Gasteiger partial charge in [0.15, 0.2) is 0 Å². The maximum Gasteiger partial charge on any atom is 0.230 e. The fraction of sp³-hybridized carbons (Fsp3) is 0.500. The van der Waals surface area contributed by atoms with E-state index in [1.165, 1.54) is 17.8 Å². The Bertz CT molecular complexity index is 531. The minimum Gasteiger partial charge on any atom is -0.357 e. The predicted molar refractivity (Wildman–Crippen MR) is 93.3 cm³/mol. The molecule has 0 unspecified atom stereocenters.